The molecule has 5 nitrogen and oxygen atoms in total. The van der Waals surface area contributed by atoms with E-state index < -0.39 is 0 Å². The van der Waals surface area contributed by atoms with E-state index in [0.29, 0.717) is 5.78 Å². The van der Waals surface area contributed by atoms with Crippen molar-refractivity contribution in [2.75, 3.05) is 18.5 Å². The van der Waals surface area contributed by atoms with E-state index in [1.54, 1.807) is 4.52 Å². The van der Waals surface area contributed by atoms with Crippen LogP contribution in [0.5, 0.6) is 0 Å². The van der Waals surface area contributed by atoms with Crippen LogP contribution in [0.15, 0.2) is 25.0 Å². The van der Waals surface area contributed by atoms with E-state index in [1.165, 1.54) is 6.33 Å². The summed E-state index contributed by atoms with van der Waals surface area (Å²) in [6.07, 6.45) is 3.35. The number of anilines is 1. The minimum Gasteiger partial charge on any atom is -0.356 e. The molecule has 2 aromatic heterocycles. The molecule has 0 atom stereocenters. The Bertz CT molecular complexity index is 488. The lowest BCUT2D eigenvalue weighted by molar-refractivity contribution is 0.867. The number of hydrogen-bond donors (Lipinski definition) is 0. The van der Waals surface area contributed by atoms with Gasteiger partial charge in [-0.05, 0) is 6.92 Å². The molecule has 0 saturated heterocycles. The van der Waals surface area contributed by atoms with Crippen molar-refractivity contribution in [2.45, 2.75) is 6.92 Å². The monoisotopic (exact) mass is 203 g/mol. The molecule has 0 radical (unpaired) electrons. The average molecular weight is 203 g/mol. The highest BCUT2D eigenvalue weighted by Gasteiger charge is 2.08. The van der Waals surface area contributed by atoms with E-state index in [9.17, 15) is 0 Å². The predicted octanol–water partition coefficient (Wildman–Crippen LogP) is 1.05. The van der Waals surface area contributed by atoms with Crippen molar-refractivity contribution in [1.29, 1.82) is 0 Å². The van der Waals surface area contributed by atoms with Gasteiger partial charge < -0.3 is 4.90 Å². The van der Waals surface area contributed by atoms with E-state index in [1.807, 2.05) is 31.0 Å². The zero-order valence-electron chi connectivity index (χ0n) is 8.88. The Balaban J connectivity index is 2.57. The molecule has 5 heteroatoms. The second kappa shape index (κ2) is 3.68. The summed E-state index contributed by atoms with van der Waals surface area (Å²) >= 11 is 0. The Hall–Kier alpha value is -1.91. The van der Waals surface area contributed by atoms with Crippen LogP contribution >= 0.6 is 0 Å². The van der Waals surface area contributed by atoms with Crippen LogP contribution in [0.2, 0.25) is 0 Å². The molecule has 0 aliphatic carbocycles. The zero-order valence-corrected chi connectivity index (χ0v) is 8.88. The second-order valence-electron chi connectivity index (χ2n) is 3.40. The van der Waals surface area contributed by atoms with Crippen molar-refractivity contribution >= 4 is 11.6 Å². The van der Waals surface area contributed by atoms with Crippen LogP contribution in [-0.2, 0) is 0 Å². The molecular weight excluding hydrogens is 190 g/mol. The van der Waals surface area contributed by atoms with Gasteiger partial charge in [-0.15, -0.1) is 6.58 Å². The standard InChI is InChI=1S/C10H13N5/c1-4-5-14(3)9-6-8(2)13-10-11-7-12-15(9)10/h4,6-7H,1,5H2,2-3H3. The van der Waals surface area contributed by atoms with Gasteiger partial charge in [-0.3, -0.25) is 0 Å². The van der Waals surface area contributed by atoms with Crippen LogP contribution < -0.4 is 4.90 Å². The van der Waals surface area contributed by atoms with Crippen molar-refractivity contribution in [1.82, 2.24) is 19.6 Å². The van der Waals surface area contributed by atoms with Crippen molar-refractivity contribution in [3.63, 3.8) is 0 Å². The van der Waals surface area contributed by atoms with Crippen LogP contribution in [0.25, 0.3) is 5.78 Å². The van der Waals surface area contributed by atoms with Crippen LogP contribution in [0.1, 0.15) is 5.69 Å². The molecule has 2 rings (SSSR count). The molecule has 78 valence electrons. The van der Waals surface area contributed by atoms with Crippen molar-refractivity contribution in [3.8, 4) is 0 Å². The lowest BCUT2D eigenvalue weighted by Crippen LogP contribution is -2.20. The van der Waals surface area contributed by atoms with E-state index in [0.717, 1.165) is 18.1 Å². The Kier molecular flexibility index (Phi) is 2.37. The fourth-order valence-corrected chi connectivity index (χ4v) is 1.47. The Morgan fingerprint density at radius 3 is 3.13 bits per heavy atom. The molecule has 0 bridgehead atoms. The molecule has 0 unspecified atom stereocenters. The minimum atomic E-state index is 0.626. The summed E-state index contributed by atoms with van der Waals surface area (Å²) in [6.45, 7) is 6.42. The Morgan fingerprint density at radius 1 is 1.60 bits per heavy atom. The first-order valence-corrected chi connectivity index (χ1v) is 4.72. The topological polar surface area (TPSA) is 46.3 Å². The molecule has 0 fully saturated rings. The molecule has 15 heavy (non-hydrogen) atoms. The molecule has 0 aliphatic rings. The first-order chi connectivity index (χ1) is 7.22. The van der Waals surface area contributed by atoms with Gasteiger partial charge >= 0.3 is 0 Å². The summed E-state index contributed by atoms with van der Waals surface area (Å²) < 4.78 is 1.72. The van der Waals surface area contributed by atoms with E-state index in [-0.39, 0.29) is 0 Å². The second-order valence-corrected chi connectivity index (χ2v) is 3.40. The fraction of sp³-hybridized carbons (Fsp3) is 0.300. The maximum Gasteiger partial charge on any atom is 0.254 e. The Labute approximate surface area is 88.1 Å². The number of rotatable bonds is 3. The third-order valence-corrected chi connectivity index (χ3v) is 2.16. The largest absolute Gasteiger partial charge is 0.356 e. The number of hydrogen-bond acceptors (Lipinski definition) is 4. The lowest BCUT2D eigenvalue weighted by Gasteiger charge is -2.17. The van der Waals surface area contributed by atoms with Gasteiger partial charge in [-0.2, -0.15) is 14.6 Å². The van der Waals surface area contributed by atoms with Gasteiger partial charge in [0.15, 0.2) is 0 Å². The van der Waals surface area contributed by atoms with Gasteiger partial charge in [0, 0.05) is 25.4 Å². The molecule has 2 heterocycles. The summed E-state index contributed by atoms with van der Waals surface area (Å²) in [4.78, 5) is 10.4. The Morgan fingerprint density at radius 2 is 2.40 bits per heavy atom. The molecule has 2 aromatic rings. The number of nitrogens with zero attached hydrogens (tertiary/aromatic N) is 5. The molecule has 0 saturated carbocycles. The first-order valence-electron chi connectivity index (χ1n) is 4.72. The molecule has 0 aliphatic heterocycles. The fourth-order valence-electron chi connectivity index (χ4n) is 1.47. The highest BCUT2D eigenvalue weighted by Crippen LogP contribution is 2.13. The van der Waals surface area contributed by atoms with Gasteiger partial charge in [0.25, 0.3) is 5.78 Å². The van der Waals surface area contributed by atoms with Gasteiger partial charge in [0.05, 0.1) is 0 Å². The van der Waals surface area contributed by atoms with Crippen LogP contribution in [0, 0.1) is 6.92 Å². The summed E-state index contributed by atoms with van der Waals surface area (Å²) in [5.41, 5.74) is 0.932. The summed E-state index contributed by atoms with van der Waals surface area (Å²) in [5, 5.41) is 4.13. The zero-order chi connectivity index (χ0) is 10.8. The minimum absolute atomic E-state index is 0.626. The van der Waals surface area contributed by atoms with E-state index in [4.69, 9.17) is 0 Å². The van der Waals surface area contributed by atoms with E-state index >= 15 is 0 Å². The van der Waals surface area contributed by atoms with Crippen molar-refractivity contribution in [2.24, 2.45) is 0 Å². The molecule has 0 amide bonds. The van der Waals surface area contributed by atoms with Gasteiger partial charge in [-0.1, -0.05) is 6.08 Å². The quantitative estimate of drug-likeness (QED) is 0.700. The number of aromatic nitrogens is 4. The molecule has 0 spiro atoms. The highest BCUT2D eigenvalue weighted by atomic mass is 15.4. The van der Waals surface area contributed by atoms with Crippen molar-refractivity contribution < 1.29 is 0 Å². The van der Waals surface area contributed by atoms with Crippen LogP contribution in [0.3, 0.4) is 0 Å². The molecule has 0 N–H and O–H groups in total. The van der Waals surface area contributed by atoms with E-state index in [2.05, 4.69) is 21.6 Å². The maximum absolute atomic E-state index is 4.28. The third-order valence-electron chi connectivity index (χ3n) is 2.16. The summed E-state index contributed by atoms with van der Waals surface area (Å²) in [7, 11) is 1.98. The number of aryl methyl sites for hydroxylation is 1. The van der Waals surface area contributed by atoms with Crippen LogP contribution in [0.4, 0.5) is 5.82 Å². The normalized spacial score (nSPS) is 10.5. The molecule has 0 aromatic carbocycles. The van der Waals surface area contributed by atoms with Crippen LogP contribution in [-0.4, -0.2) is 33.2 Å². The number of fused-ring (bicyclic) bond motifs is 1. The summed E-state index contributed by atoms with van der Waals surface area (Å²) in [6, 6.07) is 1.98. The summed E-state index contributed by atoms with van der Waals surface area (Å²) in [5.74, 6) is 1.59. The third kappa shape index (κ3) is 1.68. The molecular formula is C10H13N5. The van der Waals surface area contributed by atoms with Crippen molar-refractivity contribution in [3.05, 3.63) is 30.7 Å². The first kappa shape index (κ1) is 9.64. The SMILES string of the molecule is C=CCN(C)c1cc(C)nc2ncnn12. The van der Waals surface area contributed by atoms with Gasteiger partial charge in [0.2, 0.25) is 0 Å². The maximum atomic E-state index is 4.28. The lowest BCUT2D eigenvalue weighted by atomic mass is 10.4. The number of likely N-dealkylation sites (N-methyl/N-ethyl adjacent to an activating group) is 1. The predicted molar refractivity (Wildman–Crippen MR) is 59.0 cm³/mol. The smallest absolute Gasteiger partial charge is 0.254 e. The van der Waals surface area contributed by atoms with Gasteiger partial charge in [0.1, 0.15) is 12.1 Å². The highest BCUT2D eigenvalue weighted by molar-refractivity contribution is 5.46. The average Bonchev–Trinajstić information content (AvgIpc) is 2.64. The van der Waals surface area contributed by atoms with Gasteiger partial charge in [-0.25, -0.2) is 4.98 Å².